The van der Waals surface area contributed by atoms with E-state index in [1.807, 2.05) is 48.5 Å². The monoisotopic (exact) mass is 689 g/mol. The van der Waals surface area contributed by atoms with E-state index in [1.54, 1.807) is 0 Å². The number of fused-ring (bicyclic) bond motifs is 6. The minimum absolute atomic E-state index is 0.115. The number of benzene rings is 7. The van der Waals surface area contributed by atoms with Crippen molar-refractivity contribution >= 4 is 110 Å². The molecule has 0 unspecified atom stereocenters. The van der Waals surface area contributed by atoms with E-state index in [0.717, 1.165) is 66.0 Å². The van der Waals surface area contributed by atoms with E-state index in [0.29, 0.717) is 17.3 Å². The zero-order chi connectivity index (χ0) is 37.4. The van der Waals surface area contributed by atoms with Crippen molar-refractivity contribution in [2.45, 2.75) is 0 Å². The third kappa shape index (κ3) is 5.19. The van der Waals surface area contributed by atoms with Crippen molar-refractivity contribution in [1.29, 1.82) is 0 Å². The van der Waals surface area contributed by atoms with Gasteiger partial charge in [-0.3, -0.25) is 4.57 Å². The molecule has 7 aromatic carbocycles. The normalized spacial score (nSPS) is 11.6. The molecule has 55 heavy (non-hydrogen) atoms. The van der Waals surface area contributed by atoms with Crippen LogP contribution in [-0.2, 0) is 0 Å². The maximum atomic E-state index is 6.64. The molecular formula is C45H24B5N5. The molecule has 5 nitrogen and oxygen atoms in total. The molecule has 0 saturated carbocycles. The Balaban J connectivity index is 1.31. The van der Waals surface area contributed by atoms with Crippen molar-refractivity contribution in [1.82, 2.24) is 24.1 Å². The van der Waals surface area contributed by atoms with Gasteiger partial charge in [-0.15, -0.1) is 16.4 Å². The maximum absolute atomic E-state index is 6.64. The van der Waals surface area contributed by atoms with E-state index in [4.69, 9.17) is 54.2 Å². The fourth-order valence-electron chi connectivity index (χ4n) is 7.77. The van der Waals surface area contributed by atoms with Crippen molar-refractivity contribution in [2.75, 3.05) is 0 Å². The SMILES string of the molecule is [B]c1c([B])c([B])c(-c2nc(-c3cccc(-c4ccccc4)c3)nc(-n3c4ccccc4c4cc5c6ccccc6n(-c6ccccc6)c5cc43)n2)c([B])c1[B]. The fourth-order valence-corrected chi connectivity index (χ4v) is 7.77. The van der Waals surface area contributed by atoms with E-state index in [9.17, 15) is 0 Å². The summed E-state index contributed by atoms with van der Waals surface area (Å²) < 4.78 is 4.37. The fraction of sp³-hybridized carbons (Fsp3) is 0. The summed E-state index contributed by atoms with van der Waals surface area (Å²) in [4.78, 5) is 15.3. The van der Waals surface area contributed by atoms with Crippen LogP contribution in [0.15, 0.2) is 146 Å². The molecule has 3 heterocycles. The average molecular weight is 689 g/mol. The highest BCUT2D eigenvalue weighted by Gasteiger charge is 2.23. The summed E-state index contributed by atoms with van der Waals surface area (Å²) in [5, 5.41) is 4.39. The quantitative estimate of drug-likeness (QED) is 0.239. The summed E-state index contributed by atoms with van der Waals surface area (Å²) in [5.74, 6) is 0.991. The van der Waals surface area contributed by atoms with Crippen molar-refractivity contribution in [2.24, 2.45) is 0 Å². The minimum Gasteiger partial charge on any atom is -0.309 e. The van der Waals surface area contributed by atoms with Crippen molar-refractivity contribution in [3.8, 4) is 45.5 Å². The predicted molar refractivity (Wildman–Crippen MR) is 232 cm³/mol. The second-order valence-electron chi connectivity index (χ2n) is 13.6. The van der Waals surface area contributed by atoms with Crippen molar-refractivity contribution in [3.05, 3.63) is 146 Å². The van der Waals surface area contributed by atoms with Crippen LogP contribution >= 0.6 is 0 Å². The molecule has 0 atom stereocenters. The van der Waals surface area contributed by atoms with Gasteiger partial charge in [0.15, 0.2) is 11.6 Å². The Hall–Kier alpha value is -6.53. The van der Waals surface area contributed by atoms with Gasteiger partial charge in [0.25, 0.3) is 0 Å². The minimum atomic E-state index is 0.115. The third-order valence-electron chi connectivity index (χ3n) is 10.5. The second-order valence-corrected chi connectivity index (χ2v) is 13.6. The van der Waals surface area contributed by atoms with E-state index in [1.165, 1.54) is 0 Å². The summed E-state index contributed by atoms with van der Waals surface area (Å²) in [7, 11) is 32.3. The first kappa shape index (κ1) is 33.1. The van der Waals surface area contributed by atoms with E-state index < -0.39 is 0 Å². The zero-order valence-corrected chi connectivity index (χ0v) is 29.5. The first-order chi connectivity index (χ1) is 26.9. The van der Waals surface area contributed by atoms with Gasteiger partial charge in [-0.2, -0.15) is 9.97 Å². The molecule has 10 radical (unpaired) electrons. The molecule has 3 aromatic heterocycles. The molecule has 10 rings (SSSR count). The van der Waals surface area contributed by atoms with Gasteiger partial charge >= 0.3 is 0 Å². The lowest BCUT2D eigenvalue weighted by atomic mass is 9.60. The van der Waals surface area contributed by atoms with Crippen LogP contribution in [0.2, 0.25) is 0 Å². The molecule has 0 saturated heterocycles. The number of para-hydroxylation sites is 3. The van der Waals surface area contributed by atoms with Crippen LogP contribution in [0.1, 0.15) is 0 Å². The Morgan fingerprint density at radius 1 is 0.345 bits per heavy atom. The Bertz CT molecular complexity index is 3130. The molecule has 0 aliphatic rings. The number of hydrogen-bond donors (Lipinski definition) is 0. The second kappa shape index (κ2) is 12.8. The summed E-state index contributed by atoms with van der Waals surface area (Å²) in [6.45, 7) is 0. The van der Waals surface area contributed by atoms with Gasteiger partial charge in [0.2, 0.25) is 5.95 Å². The molecule has 0 aliphatic heterocycles. The molecule has 0 aliphatic carbocycles. The topological polar surface area (TPSA) is 48.5 Å². The Labute approximate surface area is 324 Å². The van der Waals surface area contributed by atoms with Crippen molar-refractivity contribution < 1.29 is 0 Å². The average Bonchev–Trinajstić information content (AvgIpc) is 3.74. The third-order valence-corrected chi connectivity index (χ3v) is 10.5. The number of hydrogen-bond acceptors (Lipinski definition) is 3. The lowest BCUT2D eigenvalue weighted by molar-refractivity contribution is 0.955. The number of aromatic nitrogens is 5. The summed E-state index contributed by atoms with van der Waals surface area (Å²) in [6.07, 6.45) is 0. The molecule has 244 valence electrons. The van der Waals surface area contributed by atoms with Gasteiger partial charge in [-0.1, -0.05) is 114 Å². The van der Waals surface area contributed by atoms with Gasteiger partial charge in [-0.25, -0.2) is 4.98 Å². The standard InChI is InChI=1S/C45H24B5N5/c46-38-37(39(47)41(49)42(50)40(38)48)44-51-43(27-15-11-14-26(22-27)25-12-3-1-4-13-25)52-45(53-44)55-34-21-10-8-19-30(34)32-23-31-29-18-7-9-20-33(29)54(35(31)24-36(32)55)28-16-5-2-6-17-28/h1-24H. The van der Waals surface area contributed by atoms with E-state index >= 15 is 0 Å². The summed E-state index contributed by atoms with van der Waals surface area (Å²) in [5.41, 5.74) is 8.80. The van der Waals surface area contributed by atoms with E-state index in [2.05, 4.69) is 106 Å². The molecular weight excluding hydrogens is 665 g/mol. The van der Waals surface area contributed by atoms with Crippen LogP contribution in [0, 0.1) is 0 Å². The molecule has 0 amide bonds. The predicted octanol–water partition coefficient (Wildman–Crippen LogP) is 5.04. The largest absolute Gasteiger partial charge is 0.309 e. The van der Waals surface area contributed by atoms with Gasteiger partial charge in [0, 0.05) is 38.4 Å². The smallest absolute Gasteiger partial charge is 0.238 e. The van der Waals surface area contributed by atoms with Crippen LogP contribution in [0.3, 0.4) is 0 Å². The zero-order valence-electron chi connectivity index (χ0n) is 29.5. The summed E-state index contributed by atoms with van der Waals surface area (Å²) >= 11 is 0. The van der Waals surface area contributed by atoms with Crippen LogP contribution < -0.4 is 27.3 Å². The lowest BCUT2D eigenvalue weighted by Crippen LogP contribution is -2.55. The van der Waals surface area contributed by atoms with E-state index in [-0.39, 0.29) is 33.1 Å². The van der Waals surface area contributed by atoms with Crippen LogP contribution in [0.25, 0.3) is 89.2 Å². The Kier molecular flexibility index (Phi) is 7.70. The van der Waals surface area contributed by atoms with Gasteiger partial charge < -0.3 is 4.57 Å². The molecule has 0 bridgehead atoms. The van der Waals surface area contributed by atoms with Crippen LogP contribution in [0.5, 0.6) is 0 Å². The lowest BCUT2D eigenvalue weighted by Gasteiger charge is -2.21. The molecule has 0 fully saturated rings. The highest BCUT2D eigenvalue weighted by Crippen LogP contribution is 2.39. The first-order valence-corrected chi connectivity index (χ1v) is 17.8. The highest BCUT2D eigenvalue weighted by atomic mass is 15.2. The maximum Gasteiger partial charge on any atom is 0.238 e. The highest BCUT2D eigenvalue weighted by molar-refractivity contribution is 6.68. The number of rotatable bonds is 5. The Morgan fingerprint density at radius 2 is 0.855 bits per heavy atom. The molecule has 0 N–H and O–H groups in total. The van der Waals surface area contributed by atoms with Gasteiger partial charge in [0.1, 0.15) is 39.2 Å². The van der Waals surface area contributed by atoms with Gasteiger partial charge in [-0.05, 0) is 53.6 Å². The molecule has 0 spiro atoms. The first-order valence-electron chi connectivity index (χ1n) is 17.8. The van der Waals surface area contributed by atoms with Crippen molar-refractivity contribution in [3.63, 3.8) is 0 Å². The molecule has 10 heteroatoms. The molecule has 10 aromatic rings. The van der Waals surface area contributed by atoms with Crippen LogP contribution in [-0.4, -0.2) is 63.3 Å². The van der Waals surface area contributed by atoms with Crippen LogP contribution in [0.4, 0.5) is 0 Å². The summed E-state index contributed by atoms with van der Waals surface area (Å²) in [6, 6.07) is 49.9. The van der Waals surface area contributed by atoms with Gasteiger partial charge in [0.05, 0.1) is 22.1 Å². The number of nitrogens with zero attached hydrogens (tertiary/aromatic N) is 5. The Morgan fingerprint density at radius 3 is 1.53 bits per heavy atom.